The molecule has 2 aromatic rings. The van der Waals surface area contributed by atoms with Gasteiger partial charge in [0.05, 0.1) is 24.0 Å². The largest absolute Gasteiger partial charge is 0.493 e. The molecule has 0 unspecified atom stereocenters. The van der Waals surface area contributed by atoms with E-state index >= 15 is 0 Å². The van der Waals surface area contributed by atoms with Crippen LogP contribution in [0.3, 0.4) is 0 Å². The van der Waals surface area contributed by atoms with E-state index in [0.717, 1.165) is 11.0 Å². The third kappa shape index (κ3) is 4.17. The Morgan fingerprint density at radius 3 is 2.63 bits per heavy atom. The highest BCUT2D eigenvalue weighted by atomic mass is 35.5. The number of para-hydroxylation sites is 1. The standard InChI is InChI=1S/C20H20ClNO4S/c1-3-26-19-7-5-4-6-17(19)20(23)22(16-10-11-27(24,25)13-16)15-9-8-14(2)18(21)12-15/h4-12,16H,3,13H2,1-2H3/t16-/m0/s1. The minimum absolute atomic E-state index is 0.166. The second-order valence-corrected chi connectivity index (χ2v) is 8.60. The summed E-state index contributed by atoms with van der Waals surface area (Å²) in [4.78, 5) is 14.9. The van der Waals surface area contributed by atoms with Crippen LogP contribution in [0.5, 0.6) is 5.75 Å². The highest BCUT2D eigenvalue weighted by Crippen LogP contribution is 2.30. The van der Waals surface area contributed by atoms with Crippen LogP contribution in [0.25, 0.3) is 0 Å². The minimum Gasteiger partial charge on any atom is -0.493 e. The van der Waals surface area contributed by atoms with E-state index in [4.69, 9.17) is 16.3 Å². The monoisotopic (exact) mass is 405 g/mol. The Labute approximate surface area is 164 Å². The summed E-state index contributed by atoms with van der Waals surface area (Å²) in [6.45, 7) is 4.12. The van der Waals surface area contributed by atoms with Gasteiger partial charge in [0.2, 0.25) is 0 Å². The number of carbonyl (C=O) groups excluding carboxylic acids is 1. The van der Waals surface area contributed by atoms with Crippen molar-refractivity contribution < 1.29 is 17.9 Å². The summed E-state index contributed by atoms with van der Waals surface area (Å²) in [7, 11) is -3.34. The van der Waals surface area contributed by atoms with Gasteiger partial charge in [-0.15, -0.1) is 0 Å². The van der Waals surface area contributed by atoms with Crippen LogP contribution in [0.15, 0.2) is 53.9 Å². The molecule has 0 spiro atoms. The van der Waals surface area contributed by atoms with Gasteiger partial charge in [0.25, 0.3) is 5.91 Å². The molecule has 5 nitrogen and oxygen atoms in total. The Kier molecular flexibility index (Phi) is 5.58. The molecule has 3 rings (SSSR count). The molecule has 1 amide bonds. The second kappa shape index (κ2) is 7.74. The van der Waals surface area contributed by atoms with Crippen molar-refractivity contribution in [2.75, 3.05) is 17.3 Å². The van der Waals surface area contributed by atoms with Crippen LogP contribution in [0.1, 0.15) is 22.8 Å². The number of amides is 1. The number of halogens is 1. The quantitative estimate of drug-likeness (QED) is 0.754. The fraction of sp³-hybridized carbons (Fsp3) is 0.250. The van der Waals surface area contributed by atoms with Crippen LogP contribution in [0.4, 0.5) is 5.69 Å². The van der Waals surface area contributed by atoms with E-state index in [1.165, 1.54) is 11.0 Å². The number of hydrogen-bond acceptors (Lipinski definition) is 4. The molecule has 0 fully saturated rings. The first-order chi connectivity index (χ1) is 12.8. The first kappa shape index (κ1) is 19.5. The predicted molar refractivity (Wildman–Crippen MR) is 107 cm³/mol. The van der Waals surface area contributed by atoms with Gasteiger partial charge in [-0.2, -0.15) is 0 Å². The number of carbonyl (C=O) groups is 1. The van der Waals surface area contributed by atoms with E-state index in [2.05, 4.69) is 0 Å². The third-order valence-corrected chi connectivity index (χ3v) is 6.10. The smallest absolute Gasteiger partial charge is 0.262 e. The maximum atomic E-state index is 13.4. The summed E-state index contributed by atoms with van der Waals surface area (Å²) in [5.74, 6) is -0.0510. The van der Waals surface area contributed by atoms with E-state index in [9.17, 15) is 13.2 Å². The average Bonchev–Trinajstić information content (AvgIpc) is 2.98. The molecule has 0 aromatic heterocycles. The molecule has 0 N–H and O–H groups in total. The molecule has 0 bridgehead atoms. The molecule has 0 radical (unpaired) electrons. The molecule has 27 heavy (non-hydrogen) atoms. The summed E-state index contributed by atoms with van der Waals surface area (Å²) in [6, 6.07) is 11.6. The van der Waals surface area contributed by atoms with Crippen molar-refractivity contribution in [3.05, 3.63) is 70.1 Å². The zero-order valence-corrected chi connectivity index (χ0v) is 16.6. The molecular weight excluding hydrogens is 386 g/mol. The second-order valence-electron chi connectivity index (χ2n) is 6.26. The summed E-state index contributed by atoms with van der Waals surface area (Å²) in [6.07, 6.45) is 1.53. The van der Waals surface area contributed by atoms with Gasteiger partial charge in [0.1, 0.15) is 5.75 Å². The van der Waals surface area contributed by atoms with E-state index < -0.39 is 15.9 Å². The number of benzene rings is 2. The van der Waals surface area contributed by atoms with Gasteiger partial charge in [-0.05, 0) is 49.8 Å². The lowest BCUT2D eigenvalue weighted by Crippen LogP contribution is -2.41. The highest BCUT2D eigenvalue weighted by molar-refractivity contribution is 7.94. The molecule has 1 aliphatic rings. The Hall–Kier alpha value is -2.31. The molecule has 0 aliphatic carbocycles. The van der Waals surface area contributed by atoms with Crippen molar-refractivity contribution in [1.29, 1.82) is 0 Å². The van der Waals surface area contributed by atoms with Crippen LogP contribution in [0.2, 0.25) is 5.02 Å². The summed E-state index contributed by atoms with van der Waals surface area (Å²) in [5.41, 5.74) is 1.78. The molecule has 0 saturated heterocycles. The Bertz CT molecular complexity index is 1000. The van der Waals surface area contributed by atoms with Crippen LogP contribution in [-0.4, -0.2) is 32.7 Å². The molecule has 0 saturated carbocycles. The number of anilines is 1. The molecule has 1 aliphatic heterocycles. The number of sulfone groups is 1. The normalized spacial score (nSPS) is 17.7. The van der Waals surface area contributed by atoms with E-state index in [0.29, 0.717) is 28.6 Å². The molecule has 2 aromatic carbocycles. The van der Waals surface area contributed by atoms with Gasteiger partial charge in [-0.25, -0.2) is 8.42 Å². The number of aryl methyl sites for hydroxylation is 1. The number of ether oxygens (including phenoxy) is 1. The Balaban J connectivity index is 2.08. The van der Waals surface area contributed by atoms with Crippen LogP contribution < -0.4 is 9.64 Å². The lowest BCUT2D eigenvalue weighted by atomic mass is 10.1. The minimum atomic E-state index is -3.34. The SMILES string of the molecule is CCOc1ccccc1C(=O)N(c1ccc(C)c(Cl)c1)[C@H]1C=CS(=O)(=O)C1. The first-order valence-corrected chi connectivity index (χ1v) is 10.6. The van der Waals surface area contributed by atoms with Gasteiger partial charge < -0.3 is 9.64 Å². The lowest BCUT2D eigenvalue weighted by Gasteiger charge is -2.28. The van der Waals surface area contributed by atoms with Crippen molar-refractivity contribution in [2.24, 2.45) is 0 Å². The van der Waals surface area contributed by atoms with E-state index in [-0.39, 0.29) is 11.7 Å². The van der Waals surface area contributed by atoms with Gasteiger partial charge in [0, 0.05) is 16.1 Å². The zero-order valence-electron chi connectivity index (χ0n) is 15.1. The Morgan fingerprint density at radius 1 is 1.26 bits per heavy atom. The fourth-order valence-electron chi connectivity index (χ4n) is 2.97. The van der Waals surface area contributed by atoms with Crippen molar-refractivity contribution >= 4 is 33.0 Å². The fourth-order valence-corrected chi connectivity index (χ4v) is 4.41. The summed E-state index contributed by atoms with van der Waals surface area (Å²) in [5, 5.41) is 1.66. The highest BCUT2D eigenvalue weighted by Gasteiger charge is 2.33. The zero-order chi connectivity index (χ0) is 19.6. The first-order valence-electron chi connectivity index (χ1n) is 8.55. The van der Waals surface area contributed by atoms with Crippen LogP contribution in [-0.2, 0) is 9.84 Å². The predicted octanol–water partition coefficient (Wildman–Crippen LogP) is 4.00. The topological polar surface area (TPSA) is 63.7 Å². The molecule has 1 heterocycles. The molecule has 1 atom stereocenters. The maximum absolute atomic E-state index is 13.4. The summed E-state index contributed by atoms with van der Waals surface area (Å²) >= 11 is 6.25. The van der Waals surface area contributed by atoms with E-state index in [1.54, 1.807) is 42.5 Å². The number of nitrogens with zero attached hydrogens (tertiary/aromatic N) is 1. The average molecular weight is 406 g/mol. The number of rotatable bonds is 5. The van der Waals surface area contributed by atoms with Crippen molar-refractivity contribution in [1.82, 2.24) is 0 Å². The molecular formula is C20H20ClNO4S. The van der Waals surface area contributed by atoms with E-state index in [1.807, 2.05) is 13.8 Å². The maximum Gasteiger partial charge on any atom is 0.262 e. The van der Waals surface area contributed by atoms with Gasteiger partial charge in [0.15, 0.2) is 9.84 Å². The summed E-state index contributed by atoms with van der Waals surface area (Å²) < 4.78 is 29.5. The third-order valence-electron chi connectivity index (χ3n) is 4.31. The van der Waals surface area contributed by atoms with Crippen molar-refractivity contribution in [3.63, 3.8) is 0 Å². The Morgan fingerprint density at radius 2 is 2.00 bits per heavy atom. The van der Waals surface area contributed by atoms with Gasteiger partial charge >= 0.3 is 0 Å². The van der Waals surface area contributed by atoms with Crippen molar-refractivity contribution in [3.8, 4) is 5.75 Å². The van der Waals surface area contributed by atoms with Crippen LogP contribution >= 0.6 is 11.6 Å². The number of hydrogen-bond donors (Lipinski definition) is 0. The van der Waals surface area contributed by atoms with Crippen molar-refractivity contribution in [2.45, 2.75) is 19.9 Å². The van der Waals surface area contributed by atoms with Crippen LogP contribution in [0, 0.1) is 6.92 Å². The molecule has 7 heteroatoms. The lowest BCUT2D eigenvalue weighted by molar-refractivity contribution is 0.0979. The molecule has 142 valence electrons. The van der Waals surface area contributed by atoms with Gasteiger partial charge in [-0.1, -0.05) is 29.8 Å². The van der Waals surface area contributed by atoms with Gasteiger partial charge in [-0.3, -0.25) is 4.79 Å².